The van der Waals surface area contributed by atoms with Crippen LogP contribution in [0.3, 0.4) is 0 Å². The molecule has 1 amide bonds. The molecule has 160 valence electrons. The smallest absolute Gasteiger partial charge is 0.255 e. The van der Waals surface area contributed by atoms with Gasteiger partial charge in [0.2, 0.25) is 0 Å². The third-order valence-electron chi connectivity index (χ3n) is 6.06. The highest BCUT2D eigenvalue weighted by Crippen LogP contribution is 2.21. The van der Waals surface area contributed by atoms with Crippen LogP contribution in [-0.2, 0) is 13.1 Å². The number of nitriles is 1. The first-order valence-electron chi connectivity index (χ1n) is 10.7. The zero-order chi connectivity index (χ0) is 21.8. The van der Waals surface area contributed by atoms with Gasteiger partial charge >= 0.3 is 0 Å². The standard InChI is InChI=1S/C25H28N4OS/c1-19-15-24(20(2)29(19)18-23-5-3-14-31-23)25(30)28-11-4-10-27(12-13-28)17-22-8-6-21(16-26)7-9-22/h3,5-9,14-15H,4,10-13,17-18H2,1-2H3. The minimum atomic E-state index is 0.144. The molecule has 1 aromatic carbocycles. The molecule has 0 spiro atoms. The molecule has 0 radical (unpaired) electrons. The predicted octanol–water partition coefficient (Wildman–Crippen LogP) is 4.43. The Morgan fingerprint density at radius 1 is 1.06 bits per heavy atom. The monoisotopic (exact) mass is 432 g/mol. The Morgan fingerprint density at radius 3 is 2.58 bits per heavy atom. The predicted molar refractivity (Wildman–Crippen MR) is 124 cm³/mol. The summed E-state index contributed by atoms with van der Waals surface area (Å²) in [5.74, 6) is 0.144. The Labute approximate surface area is 188 Å². The lowest BCUT2D eigenvalue weighted by atomic mass is 10.1. The van der Waals surface area contributed by atoms with Gasteiger partial charge in [0.15, 0.2) is 0 Å². The Hall–Kier alpha value is -2.88. The molecular weight excluding hydrogens is 404 g/mol. The van der Waals surface area contributed by atoms with Crippen molar-refractivity contribution in [2.75, 3.05) is 26.2 Å². The molecule has 1 aliphatic heterocycles. The van der Waals surface area contributed by atoms with Gasteiger partial charge in [-0.05, 0) is 55.5 Å². The Kier molecular flexibility index (Phi) is 6.55. The molecule has 5 nitrogen and oxygen atoms in total. The van der Waals surface area contributed by atoms with E-state index in [2.05, 4.69) is 46.9 Å². The van der Waals surface area contributed by atoms with Crippen molar-refractivity contribution < 1.29 is 4.79 Å². The SMILES string of the molecule is Cc1cc(C(=O)N2CCCN(Cc3ccc(C#N)cc3)CC2)c(C)n1Cc1cccs1. The van der Waals surface area contributed by atoms with Gasteiger partial charge in [-0.2, -0.15) is 5.26 Å². The highest BCUT2D eigenvalue weighted by atomic mass is 32.1. The average molecular weight is 433 g/mol. The van der Waals surface area contributed by atoms with E-state index in [4.69, 9.17) is 5.26 Å². The Bertz CT molecular complexity index is 1080. The van der Waals surface area contributed by atoms with Crippen molar-refractivity contribution in [2.24, 2.45) is 0 Å². The number of benzene rings is 1. The van der Waals surface area contributed by atoms with Crippen molar-refractivity contribution in [1.82, 2.24) is 14.4 Å². The van der Waals surface area contributed by atoms with E-state index < -0.39 is 0 Å². The molecular formula is C25H28N4OS. The molecule has 0 bridgehead atoms. The van der Waals surface area contributed by atoms with Crippen molar-refractivity contribution in [2.45, 2.75) is 33.4 Å². The molecule has 4 rings (SSSR count). The van der Waals surface area contributed by atoms with Crippen LogP contribution in [0, 0.1) is 25.2 Å². The normalized spacial score (nSPS) is 14.9. The van der Waals surface area contributed by atoms with Gasteiger partial charge in [-0.3, -0.25) is 9.69 Å². The summed E-state index contributed by atoms with van der Waals surface area (Å²) in [6.45, 7) is 9.17. The van der Waals surface area contributed by atoms with E-state index in [1.165, 1.54) is 10.4 Å². The van der Waals surface area contributed by atoms with Crippen LogP contribution in [0.25, 0.3) is 0 Å². The molecule has 2 aromatic heterocycles. The summed E-state index contributed by atoms with van der Waals surface area (Å²) in [5, 5.41) is 11.1. The zero-order valence-electron chi connectivity index (χ0n) is 18.2. The van der Waals surface area contributed by atoms with E-state index in [1.807, 2.05) is 35.2 Å². The number of carbonyl (C=O) groups excluding carboxylic acids is 1. The topological polar surface area (TPSA) is 52.3 Å². The number of hydrogen-bond acceptors (Lipinski definition) is 4. The van der Waals surface area contributed by atoms with Crippen LogP contribution in [0.2, 0.25) is 0 Å². The molecule has 3 heterocycles. The number of rotatable bonds is 5. The van der Waals surface area contributed by atoms with E-state index >= 15 is 0 Å². The second-order valence-corrected chi connectivity index (χ2v) is 9.21. The molecule has 1 aliphatic rings. The number of hydrogen-bond donors (Lipinski definition) is 0. The minimum Gasteiger partial charge on any atom is -0.343 e. The first kappa shape index (κ1) is 21.4. The number of aryl methyl sites for hydroxylation is 1. The van der Waals surface area contributed by atoms with Gasteiger partial charge in [0.1, 0.15) is 0 Å². The maximum atomic E-state index is 13.3. The summed E-state index contributed by atoms with van der Waals surface area (Å²) in [6, 6.07) is 16.2. The van der Waals surface area contributed by atoms with E-state index in [0.717, 1.165) is 62.6 Å². The maximum Gasteiger partial charge on any atom is 0.255 e. The number of carbonyl (C=O) groups is 1. The van der Waals surface area contributed by atoms with Crippen LogP contribution in [0.15, 0.2) is 47.8 Å². The Balaban J connectivity index is 1.41. The van der Waals surface area contributed by atoms with Gasteiger partial charge in [-0.15, -0.1) is 11.3 Å². The molecule has 0 unspecified atom stereocenters. The van der Waals surface area contributed by atoms with Gasteiger partial charge in [0.05, 0.1) is 23.7 Å². The van der Waals surface area contributed by atoms with Crippen molar-refractivity contribution in [3.63, 3.8) is 0 Å². The van der Waals surface area contributed by atoms with Gasteiger partial charge in [-0.1, -0.05) is 18.2 Å². The van der Waals surface area contributed by atoms with Gasteiger partial charge < -0.3 is 9.47 Å². The second-order valence-electron chi connectivity index (χ2n) is 8.18. The lowest BCUT2D eigenvalue weighted by molar-refractivity contribution is 0.0760. The number of thiophene rings is 1. The summed E-state index contributed by atoms with van der Waals surface area (Å²) in [6.07, 6.45) is 0.968. The fourth-order valence-electron chi connectivity index (χ4n) is 4.26. The number of nitrogens with zero attached hydrogens (tertiary/aromatic N) is 4. The van der Waals surface area contributed by atoms with Crippen LogP contribution < -0.4 is 0 Å². The minimum absolute atomic E-state index is 0.144. The molecule has 0 atom stereocenters. The Morgan fingerprint density at radius 2 is 1.87 bits per heavy atom. The van der Waals surface area contributed by atoms with E-state index in [-0.39, 0.29) is 5.91 Å². The lowest BCUT2D eigenvalue weighted by Crippen LogP contribution is -2.35. The van der Waals surface area contributed by atoms with E-state index in [0.29, 0.717) is 5.56 Å². The van der Waals surface area contributed by atoms with Crippen molar-refractivity contribution >= 4 is 17.2 Å². The molecule has 3 aromatic rings. The first-order valence-corrected chi connectivity index (χ1v) is 11.6. The number of aromatic nitrogens is 1. The summed E-state index contributed by atoms with van der Waals surface area (Å²) < 4.78 is 2.24. The van der Waals surface area contributed by atoms with Gasteiger partial charge in [-0.25, -0.2) is 0 Å². The van der Waals surface area contributed by atoms with Crippen LogP contribution in [-0.4, -0.2) is 46.5 Å². The fraction of sp³-hybridized carbons (Fsp3) is 0.360. The first-order chi connectivity index (χ1) is 15.0. The van der Waals surface area contributed by atoms with E-state index in [1.54, 1.807) is 11.3 Å². The van der Waals surface area contributed by atoms with Crippen molar-refractivity contribution in [3.05, 3.63) is 80.8 Å². The molecule has 0 saturated carbocycles. The summed E-state index contributed by atoms with van der Waals surface area (Å²) in [7, 11) is 0. The quantitative estimate of drug-likeness (QED) is 0.599. The fourth-order valence-corrected chi connectivity index (χ4v) is 4.96. The van der Waals surface area contributed by atoms with Crippen molar-refractivity contribution in [1.29, 1.82) is 5.26 Å². The zero-order valence-corrected chi connectivity index (χ0v) is 19.0. The van der Waals surface area contributed by atoms with Crippen LogP contribution in [0.4, 0.5) is 0 Å². The third kappa shape index (κ3) is 4.90. The average Bonchev–Trinajstić information content (AvgIpc) is 3.31. The summed E-state index contributed by atoms with van der Waals surface area (Å²) in [4.78, 5) is 19.1. The van der Waals surface area contributed by atoms with Gasteiger partial charge in [0.25, 0.3) is 5.91 Å². The molecule has 0 aliphatic carbocycles. The highest BCUT2D eigenvalue weighted by Gasteiger charge is 2.24. The second kappa shape index (κ2) is 9.51. The third-order valence-corrected chi connectivity index (χ3v) is 6.92. The molecule has 1 saturated heterocycles. The van der Waals surface area contributed by atoms with Crippen LogP contribution in [0.5, 0.6) is 0 Å². The summed E-state index contributed by atoms with van der Waals surface area (Å²) in [5.41, 5.74) is 4.90. The van der Waals surface area contributed by atoms with E-state index in [9.17, 15) is 4.79 Å². The van der Waals surface area contributed by atoms with Gasteiger partial charge in [0, 0.05) is 49.0 Å². The summed E-state index contributed by atoms with van der Waals surface area (Å²) >= 11 is 1.75. The highest BCUT2D eigenvalue weighted by molar-refractivity contribution is 7.09. The van der Waals surface area contributed by atoms with Crippen LogP contribution >= 0.6 is 11.3 Å². The molecule has 31 heavy (non-hydrogen) atoms. The van der Waals surface area contributed by atoms with Crippen molar-refractivity contribution in [3.8, 4) is 6.07 Å². The van der Waals surface area contributed by atoms with Crippen LogP contribution in [0.1, 0.15) is 44.2 Å². The molecule has 0 N–H and O–H groups in total. The molecule has 6 heteroatoms. The number of amides is 1. The molecule has 1 fully saturated rings. The largest absolute Gasteiger partial charge is 0.343 e. The maximum absolute atomic E-state index is 13.3. The lowest BCUT2D eigenvalue weighted by Gasteiger charge is -2.22.